The molecular weight excluding hydrogens is 638 g/mol. The lowest BCUT2D eigenvalue weighted by Gasteiger charge is -1.96. The fourth-order valence-electron chi connectivity index (χ4n) is 2.65. The van der Waals surface area contributed by atoms with Gasteiger partial charge in [-0.2, -0.15) is 0 Å². The molecule has 1 amide bonds. The molecule has 0 saturated carbocycles. The predicted octanol–water partition coefficient (Wildman–Crippen LogP) is 6.92. The van der Waals surface area contributed by atoms with E-state index in [1.165, 1.54) is 47.3 Å². The lowest BCUT2D eigenvalue weighted by molar-refractivity contribution is -0.123. The summed E-state index contributed by atoms with van der Waals surface area (Å²) < 4.78 is 4.45. The van der Waals surface area contributed by atoms with Crippen molar-refractivity contribution in [1.82, 2.24) is 5.32 Å². The van der Waals surface area contributed by atoms with Crippen LogP contribution in [0, 0.1) is 0 Å². The van der Waals surface area contributed by atoms with Gasteiger partial charge in [0.05, 0.1) is 6.54 Å². The number of hydrogen-bond acceptors (Lipinski definition) is 9. The highest BCUT2D eigenvalue weighted by molar-refractivity contribution is 5.83. The quantitative estimate of drug-likeness (QED) is 0.248. The summed E-state index contributed by atoms with van der Waals surface area (Å²) >= 11 is 0. The summed E-state index contributed by atoms with van der Waals surface area (Å²) in [6.07, 6.45) is 4.47. The Morgan fingerprint density at radius 3 is 1.14 bits per heavy atom. The third-order valence-corrected chi connectivity index (χ3v) is 4.94. The highest BCUT2D eigenvalue weighted by atomic mass is 16.5. The molecule has 0 fully saturated rings. The maximum absolute atomic E-state index is 10.6. The van der Waals surface area contributed by atoms with Crippen LogP contribution in [0.15, 0.2) is 60.7 Å². The molecule has 0 aromatic heterocycles. The first-order chi connectivity index (χ1) is 23.2. The van der Waals surface area contributed by atoms with Crippen LogP contribution >= 0.6 is 0 Å². The van der Waals surface area contributed by atoms with E-state index in [9.17, 15) is 38.4 Å². The molecule has 0 radical (unpaired) electrons. The minimum Gasteiger partial charge on any atom is -0.377 e. The van der Waals surface area contributed by atoms with E-state index in [-0.39, 0.29) is 59.5 Å². The van der Waals surface area contributed by atoms with E-state index in [1.54, 1.807) is 27.7 Å². The summed E-state index contributed by atoms with van der Waals surface area (Å²) in [6, 6.07) is 19.8. The third-order valence-electron chi connectivity index (χ3n) is 4.94. The number of hydrogen-bond donors (Lipinski definition) is 1. The normalized spacial score (nSPS) is 8.56. The molecule has 10 heteroatoms. The van der Waals surface area contributed by atoms with Gasteiger partial charge in [-0.15, -0.1) is 0 Å². The Hall–Kier alpha value is -4.44. The van der Waals surface area contributed by atoms with Gasteiger partial charge in [0.1, 0.15) is 41.3 Å². The smallest absolute Gasteiger partial charge is 0.217 e. The Balaban J connectivity index is -0.000000162. The lowest BCUT2D eigenvalue weighted by atomic mass is 10.1. The van der Waals surface area contributed by atoms with Gasteiger partial charge in [0.2, 0.25) is 5.91 Å². The molecule has 0 aliphatic heterocycles. The predicted molar refractivity (Wildman–Crippen MR) is 201 cm³/mol. The second kappa shape index (κ2) is 40.7. The van der Waals surface area contributed by atoms with Crippen LogP contribution in [-0.2, 0) is 55.9 Å². The zero-order chi connectivity index (χ0) is 39.9. The van der Waals surface area contributed by atoms with Crippen LogP contribution in [-0.4, -0.2) is 66.7 Å². The number of aryl methyl sites for hydroxylation is 1. The molecule has 50 heavy (non-hydrogen) atoms. The number of Topliss-reactive ketones (excluding diaryl/α,β-unsaturated/α-hetero) is 7. The van der Waals surface area contributed by atoms with E-state index in [4.69, 9.17) is 0 Å². The van der Waals surface area contributed by atoms with Crippen LogP contribution in [0.2, 0.25) is 0 Å². The molecule has 0 atom stereocenters. The highest BCUT2D eigenvalue weighted by Crippen LogP contribution is 2.02. The summed E-state index contributed by atoms with van der Waals surface area (Å²) in [6.45, 7) is 18.0. The highest BCUT2D eigenvalue weighted by Gasteiger charge is 1.95. The average molecular weight is 702 g/mol. The fraction of sp³-hybridized carbons (Fsp3) is 0.500. The number of carbonyl (C=O) groups is 8. The number of ether oxygens (including phenoxy) is 1. The first-order valence-electron chi connectivity index (χ1n) is 16.5. The number of amides is 1. The second-order valence-corrected chi connectivity index (χ2v) is 11.2. The Morgan fingerprint density at radius 1 is 0.540 bits per heavy atom. The summed E-state index contributed by atoms with van der Waals surface area (Å²) in [5, 5.41) is 2.36. The minimum atomic E-state index is -0.166. The van der Waals surface area contributed by atoms with Crippen molar-refractivity contribution in [3.63, 3.8) is 0 Å². The monoisotopic (exact) mass is 701 g/mol. The molecule has 282 valence electrons. The van der Waals surface area contributed by atoms with E-state index in [1.807, 2.05) is 74.5 Å². The Bertz CT molecular complexity index is 1170. The van der Waals surface area contributed by atoms with E-state index < -0.39 is 0 Å². The van der Waals surface area contributed by atoms with Crippen LogP contribution < -0.4 is 5.32 Å². The molecule has 0 spiro atoms. The molecule has 0 saturated heterocycles. The van der Waals surface area contributed by atoms with Crippen LogP contribution in [0.25, 0.3) is 0 Å². The summed E-state index contributed by atoms with van der Waals surface area (Å²) in [4.78, 5) is 80.7. The Labute approximate surface area is 301 Å². The van der Waals surface area contributed by atoms with Crippen molar-refractivity contribution in [1.29, 1.82) is 0 Å². The molecule has 10 nitrogen and oxygen atoms in total. The zero-order valence-electron chi connectivity index (χ0n) is 32.6. The van der Waals surface area contributed by atoms with Gasteiger partial charge in [-0.25, -0.2) is 0 Å². The summed E-state index contributed by atoms with van der Waals surface area (Å²) in [7, 11) is 1.50. The Morgan fingerprint density at radius 2 is 0.940 bits per heavy atom. The zero-order valence-corrected chi connectivity index (χ0v) is 32.6. The summed E-state index contributed by atoms with van der Waals surface area (Å²) in [5.74, 6) is 1.06. The topological polar surface area (TPSA) is 158 Å². The molecule has 2 rings (SSSR count). The number of rotatable bonds is 12. The van der Waals surface area contributed by atoms with Crippen molar-refractivity contribution in [3.05, 3.63) is 71.8 Å². The Kier molecular flexibility index (Phi) is 44.8. The largest absolute Gasteiger partial charge is 0.377 e. The molecule has 0 unspecified atom stereocenters. The van der Waals surface area contributed by atoms with Crippen LogP contribution in [0.4, 0.5) is 0 Å². The molecule has 0 aliphatic carbocycles. The van der Waals surface area contributed by atoms with Gasteiger partial charge in [0.25, 0.3) is 0 Å². The lowest BCUT2D eigenvalue weighted by Crippen LogP contribution is -2.25. The van der Waals surface area contributed by atoms with Crippen molar-refractivity contribution in [2.75, 3.05) is 20.3 Å². The van der Waals surface area contributed by atoms with Crippen molar-refractivity contribution in [2.24, 2.45) is 0 Å². The van der Waals surface area contributed by atoms with Gasteiger partial charge >= 0.3 is 0 Å². The minimum absolute atomic E-state index is 0.0276. The number of nitrogens with one attached hydrogen (secondary N) is 1. The van der Waals surface area contributed by atoms with E-state index >= 15 is 0 Å². The number of methoxy groups -OCH3 is 1. The van der Waals surface area contributed by atoms with Gasteiger partial charge in [-0.05, 0) is 79.4 Å². The third kappa shape index (κ3) is 70.1. The molecule has 2 aromatic carbocycles. The van der Waals surface area contributed by atoms with Crippen LogP contribution in [0.1, 0.15) is 113 Å². The van der Waals surface area contributed by atoms with Crippen molar-refractivity contribution >= 4 is 46.4 Å². The molecule has 2 aromatic rings. The first-order valence-corrected chi connectivity index (χ1v) is 16.5. The van der Waals surface area contributed by atoms with Gasteiger partial charge in [0, 0.05) is 39.7 Å². The maximum Gasteiger partial charge on any atom is 0.217 e. The van der Waals surface area contributed by atoms with E-state index in [2.05, 4.69) is 10.1 Å². The summed E-state index contributed by atoms with van der Waals surface area (Å²) in [5.41, 5.74) is 2.33. The fourth-order valence-corrected chi connectivity index (χ4v) is 2.65. The molecule has 0 bridgehead atoms. The van der Waals surface area contributed by atoms with Crippen LogP contribution in [0.5, 0.6) is 0 Å². The van der Waals surface area contributed by atoms with Crippen LogP contribution in [0.3, 0.4) is 0 Å². The van der Waals surface area contributed by atoms with Gasteiger partial charge < -0.3 is 29.2 Å². The average Bonchev–Trinajstić information content (AvgIpc) is 3.01. The molecule has 0 aliphatic rings. The molecule has 1 N–H and O–H groups in total. The second-order valence-electron chi connectivity index (χ2n) is 11.2. The van der Waals surface area contributed by atoms with E-state index in [0.717, 1.165) is 24.8 Å². The van der Waals surface area contributed by atoms with Crippen molar-refractivity contribution < 1.29 is 43.1 Å². The van der Waals surface area contributed by atoms with Gasteiger partial charge in [-0.1, -0.05) is 74.5 Å². The standard InChI is InChI=1S/C10H12O.C9H10O.C5H9NO2.C5H10O.C4H8O2.C4H8O.C3H6O/c1-9(11)7-8-10-5-3-2-4-6-10;1-8(10)7-9-5-3-2-4-6-9;1-4(7)3-6-5(2)8;1-3-4-5(2)6;1-4(5)3-6-2;1-3-4(2)5;1-3(2)4/h2-6H,7-8H2,1H3;2-6H,7H2,1H3;3H2,1-2H3,(H,6,8);3-4H2,1-2H3;3H2,1-2H3;3H2,1-2H3;1-2H3. The molecular formula is C40H63NO9. The van der Waals surface area contributed by atoms with Gasteiger partial charge in [-0.3, -0.25) is 19.2 Å². The SMILES string of the molecule is CC(=O)CCc1ccccc1.CC(=O)CNC(C)=O.CC(=O)Cc1ccccc1.CC(C)=O.CCC(C)=O.CCCC(C)=O.COCC(C)=O. The number of ketones is 7. The van der Waals surface area contributed by atoms with Crippen molar-refractivity contribution in [3.8, 4) is 0 Å². The van der Waals surface area contributed by atoms with Gasteiger partial charge in [0.15, 0.2) is 5.78 Å². The van der Waals surface area contributed by atoms with E-state index in [0.29, 0.717) is 19.3 Å². The maximum atomic E-state index is 10.6. The number of carbonyl (C=O) groups excluding carboxylic acids is 8. The first kappa shape index (κ1) is 55.0. The van der Waals surface area contributed by atoms with Crippen molar-refractivity contribution in [2.45, 2.75) is 115 Å². The number of benzene rings is 2. The molecule has 0 heterocycles.